The molecule has 0 aliphatic carbocycles. The van der Waals surface area contributed by atoms with Crippen LogP contribution in [0.2, 0.25) is 0 Å². The average molecular weight is 249 g/mol. The van der Waals surface area contributed by atoms with Gasteiger partial charge in [-0.1, -0.05) is 0 Å². The lowest BCUT2D eigenvalue weighted by molar-refractivity contribution is 0.788. The van der Waals surface area contributed by atoms with E-state index in [1.807, 2.05) is 36.3 Å². The molecule has 2 rings (SSSR count). The standard InChI is InChI=1S/C11H15N5S/c1-16-6-5-13-10(16)3-4-12-9-7-11(17-2)15-8-14-9/h5-8H,3-4H2,1-2H3,(H,12,14,15). The van der Waals surface area contributed by atoms with Crippen LogP contribution in [0.4, 0.5) is 5.82 Å². The molecule has 0 amide bonds. The maximum Gasteiger partial charge on any atom is 0.130 e. The number of imidazole rings is 1. The minimum atomic E-state index is 0.815. The van der Waals surface area contributed by atoms with Crippen molar-refractivity contribution in [1.82, 2.24) is 19.5 Å². The van der Waals surface area contributed by atoms with Crippen molar-refractivity contribution >= 4 is 17.6 Å². The van der Waals surface area contributed by atoms with E-state index in [9.17, 15) is 0 Å². The summed E-state index contributed by atoms with van der Waals surface area (Å²) in [6.07, 6.45) is 8.22. The summed E-state index contributed by atoms with van der Waals surface area (Å²) < 4.78 is 2.02. The van der Waals surface area contributed by atoms with Crippen LogP contribution in [0.25, 0.3) is 0 Å². The molecular weight excluding hydrogens is 234 g/mol. The van der Waals surface area contributed by atoms with Crippen LogP contribution < -0.4 is 5.32 Å². The van der Waals surface area contributed by atoms with E-state index in [4.69, 9.17) is 0 Å². The number of hydrogen-bond donors (Lipinski definition) is 1. The Balaban J connectivity index is 1.87. The molecule has 2 aromatic rings. The Labute approximate surface area is 105 Å². The van der Waals surface area contributed by atoms with Gasteiger partial charge in [0.05, 0.1) is 0 Å². The first kappa shape index (κ1) is 11.9. The van der Waals surface area contributed by atoms with Crippen LogP contribution in [0.3, 0.4) is 0 Å². The Morgan fingerprint density at radius 3 is 2.94 bits per heavy atom. The lowest BCUT2D eigenvalue weighted by Crippen LogP contribution is -2.09. The predicted molar refractivity (Wildman–Crippen MR) is 69.2 cm³/mol. The molecule has 6 heteroatoms. The lowest BCUT2D eigenvalue weighted by atomic mass is 10.4. The van der Waals surface area contributed by atoms with E-state index in [0.717, 1.165) is 29.6 Å². The van der Waals surface area contributed by atoms with Crippen molar-refractivity contribution in [2.75, 3.05) is 18.1 Å². The largest absolute Gasteiger partial charge is 0.369 e. The molecule has 0 fully saturated rings. The van der Waals surface area contributed by atoms with Crippen LogP contribution in [-0.2, 0) is 13.5 Å². The number of hydrogen-bond acceptors (Lipinski definition) is 5. The van der Waals surface area contributed by atoms with Gasteiger partial charge in [-0.25, -0.2) is 15.0 Å². The highest BCUT2D eigenvalue weighted by Crippen LogP contribution is 2.13. The summed E-state index contributed by atoms with van der Waals surface area (Å²) in [5, 5.41) is 4.24. The molecule has 0 saturated heterocycles. The minimum Gasteiger partial charge on any atom is -0.369 e. The molecule has 2 heterocycles. The Morgan fingerprint density at radius 2 is 2.24 bits per heavy atom. The second-order valence-electron chi connectivity index (χ2n) is 3.58. The molecule has 0 spiro atoms. The SMILES string of the molecule is CSc1cc(NCCc2nccn2C)ncn1. The van der Waals surface area contributed by atoms with Crippen molar-refractivity contribution in [2.45, 2.75) is 11.4 Å². The zero-order chi connectivity index (χ0) is 12.1. The van der Waals surface area contributed by atoms with Crippen LogP contribution >= 0.6 is 11.8 Å². The van der Waals surface area contributed by atoms with Crippen LogP contribution in [0, 0.1) is 0 Å². The summed E-state index contributed by atoms with van der Waals surface area (Å²) in [5.74, 6) is 1.93. The van der Waals surface area contributed by atoms with E-state index in [1.165, 1.54) is 0 Å². The minimum absolute atomic E-state index is 0.815. The molecule has 17 heavy (non-hydrogen) atoms. The van der Waals surface area contributed by atoms with Gasteiger partial charge < -0.3 is 9.88 Å². The molecule has 5 nitrogen and oxygen atoms in total. The van der Waals surface area contributed by atoms with Gasteiger partial charge in [-0.05, 0) is 6.26 Å². The van der Waals surface area contributed by atoms with Gasteiger partial charge >= 0.3 is 0 Å². The normalized spacial score (nSPS) is 10.5. The van der Waals surface area contributed by atoms with Crippen molar-refractivity contribution in [3.63, 3.8) is 0 Å². The second kappa shape index (κ2) is 5.67. The molecule has 2 aromatic heterocycles. The van der Waals surface area contributed by atoms with Crippen LogP contribution in [0.15, 0.2) is 29.8 Å². The van der Waals surface area contributed by atoms with Crippen molar-refractivity contribution in [3.05, 3.63) is 30.6 Å². The van der Waals surface area contributed by atoms with E-state index in [2.05, 4.69) is 20.3 Å². The Hall–Kier alpha value is -1.56. The van der Waals surface area contributed by atoms with E-state index in [1.54, 1.807) is 18.1 Å². The highest BCUT2D eigenvalue weighted by molar-refractivity contribution is 7.98. The molecule has 0 aliphatic rings. The summed E-state index contributed by atoms with van der Waals surface area (Å²) in [7, 11) is 2.00. The third kappa shape index (κ3) is 3.20. The quantitative estimate of drug-likeness (QED) is 0.644. The molecule has 0 bridgehead atoms. The van der Waals surface area contributed by atoms with Gasteiger partial charge in [0.15, 0.2) is 0 Å². The van der Waals surface area contributed by atoms with Gasteiger partial charge in [-0.3, -0.25) is 0 Å². The fraction of sp³-hybridized carbons (Fsp3) is 0.364. The average Bonchev–Trinajstić information content (AvgIpc) is 2.76. The highest BCUT2D eigenvalue weighted by Gasteiger charge is 2.00. The predicted octanol–water partition coefficient (Wildman–Crippen LogP) is 1.59. The summed E-state index contributed by atoms with van der Waals surface area (Å²) in [5.41, 5.74) is 0. The van der Waals surface area contributed by atoms with E-state index in [-0.39, 0.29) is 0 Å². The first-order valence-corrected chi connectivity index (χ1v) is 6.58. The topological polar surface area (TPSA) is 55.6 Å². The Kier molecular flexibility index (Phi) is 3.98. The monoisotopic (exact) mass is 249 g/mol. The Morgan fingerprint density at radius 1 is 1.35 bits per heavy atom. The summed E-state index contributed by atoms with van der Waals surface area (Å²) in [6.45, 7) is 0.815. The first-order valence-electron chi connectivity index (χ1n) is 5.35. The fourth-order valence-corrected chi connectivity index (χ4v) is 1.87. The molecule has 0 saturated carbocycles. The van der Waals surface area contributed by atoms with Crippen molar-refractivity contribution in [3.8, 4) is 0 Å². The molecule has 0 unspecified atom stereocenters. The van der Waals surface area contributed by atoms with Crippen LogP contribution in [0.5, 0.6) is 0 Å². The number of aryl methyl sites for hydroxylation is 1. The molecule has 0 aliphatic heterocycles. The van der Waals surface area contributed by atoms with Gasteiger partial charge in [0, 0.05) is 38.5 Å². The first-order chi connectivity index (χ1) is 8.29. The van der Waals surface area contributed by atoms with Crippen molar-refractivity contribution in [2.24, 2.45) is 7.05 Å². The lowest BCUT2D eigenvalue weighted by Gasteiger charge is -2.06. The molecular formula is C11H15N5S. The van der Waals surface area contributed by atoms with E-state index in [0.29, 0.717) is 0 Å². The van der Waals surface area contributed by atoms with Crippen LogP contribution in [-0.4, -0.2) is 32.3 Å². The zero-order valence-corrected chi connectivity index (χ0v) is 10.7. The maximum absolute atomic E-state index is 4.27. The molecule has 0 atom stereocenters. The maximum atomic E-state index is 4.27. The van der Waals surface area contributed by atoms with Crippen molar-refractivity contribution < 1.29 is 0 Å². The van der Waals surface area contributed by atoms with Crippen molar-refractivity contribution in [1.29, 1.82) is 0 Å². The fourth-order valence-electron chi connectivity index (χ4n) is 1.49. The summed E-state index contributed by atoms with van der Waals surface area (Å²) in [4.78, 5) is 12.6. The third-order valence-electron chi connectivity index (χ3n) is 2.43. The molecule has 1 N–H and O–H groups in total. The Bertz CT molecular complexity index is 482. The van der Waals surface area contributed by atoms with Crippen LogP contribution in [0.1, 0.15) is 5.82 Å². The van der Waals surface area contributed by atoms with Gasteiger partial charge in [0.1, 0.15) is 23.0 Å². The number of rotatable bonds is 5. The third-order valence-corrected chi connectivity index (χ3v) is 3.07. The van der Waals surface area contributed by atoms with Gasteiger partial charge in [0.25, 0.3) is 0 Å². The number of nitrogens with one attached hydrogen (secondary N) is 1. The smallest absolute Gasteiger partial charge is 0.130 e. The van der Waals surface area contributed by atoms with E-state index >= 15 is 0 Å². The number of anilines is 1. The number of aromatic nitrogens is 4. The zero-order valence-electron chi connectivity index (χ0n) is 9.92. The van der Waals surface area contributed by atoms with Gasteiger partial charge in [-0.15, -0.1) is 11.8 Å². The number of thioether (sulfide) groups is 1. The summed E-state index contributed by atoms with van der Waals surface area (Å²) >= 11 is 1.61. The highest BCUT2D eigenvalue weighted by atomic mass is 32.2. The van der Waals surface area contributed by atoms with Gasteiger partial charge in [-0.2, -0.15) is 0 Å². The molecule has 0 radical (unpaired) electrons. The summed E-state index contributed by atoms with van der Waals surface area (Å²) in [6, 6.07) is 1.95. The molecule has 0 aromatic carbocycles. The number of nitrogens with zero attached hydrogens (tertiary/aromatic N) is 4. The molecule has 90 valence electrons. The second-order valence-corrected chi connectivity index (χ2v) is 4.40. The van der Waals surface area contributed by atoms with Gasteiger partial charge in [0.2, 0.25) is 0 Å². The van der Waals surface area contributed by atoms with E-state index < -0.39 is 0 Å².